The van der Waals surface area contributed by atoms with E-state index in [0.717, 1.165) is 13.0 Å². The maximum absolute atomic E-state index is 9.57. The molecule has 2 rings (SSSR count). The second-order valence-corrected chi connectivity index (χ2v) is 4.01. The summed E-state index contributed by atoms with van der Waals surface area (Å²) in [4.78, 5) is 0. The van der Waals surface area contributed by atoms with Crippen LogP contribution in [0.3, 0.4) is 0 Å². The molecule has 2 heteroatoms. The first-order valence-corrected chi connectivity index (χ1v) is 3.93. The molecule has 1 aliphatic carbocycles. The van der Waals surface area contributed by atoms with Crippen LogP contribution < -0.4 is 0 Å². The van der Waals surface area contributed by atoms with Crippen LogP contribution >= 0.6 is 0 Å². The lowest BCUT2D eigenvalue weighted by molar-refractivity contribution is -0.181. The lowest BCUT2D eigenvalue weighted by atomic mass is 9.59. The zero-order valence-electron chi connectivity index (χ0n) is 6.50. The molecule has 0 radical (unpaired) electrons. The highest BCUT2D eigenvalue weighted by atomic mass is 16.5. The third-order valence-corrected chi connectivity index (χ3v) is 3.04. The van der Waals surface area contributed by atoms with Gasteiger partial charge in [0.15, 0.2) is 0 Å². The summed E-state index contributed by atoms with van der Waals surface area (Å²) < 4.78 is 5.48. The summed E-state index contributed by atoms with van der Waals surface area (Å²) >= 11 is 0. The van der Waals surface area contributed by atoms with Crippen molar-refractivity contribution in [2.24, 2.45) is 11.3 Å². The minimum Gasteiger partial charge on any atom is -0.392 e. The summed E-state index contributed by atoms with van der Waals surface area (Å²) in [6.07, 6.45) is 1.26. The molecule has 1 N–H and O–H groups in total. The van der Waals surface area contributed by atoms with Crippen LogP contribution in [0.1, 0.15) is 20.3 Å². The zero-order chi connectivity index (χ0) is 7.35. The molecule has 0 aromatic rings. The molecule has 2 nitrogen and oxygen atoms in total. The first-order chi connectivity index (χ1) is 4.64. The minimum atomic E-state index is -0.125. The first-order valence-electron chi connectivity index (χ1n) is 3.93. The fourth-order valence-electron chi connectivity index (χ4n) is 2.30. The third-order valence-electron chi connectivity index (χ3n) is 3.04. The first kappa shape index (κ1) is 6.62. The highest BCUT2D eigenvalue weighted by Gasteiger charge is 2.58. The van der Waals surface area contributed by atoms with Crippen molar-refractivity contribution in [3.63, 3.8) is 0 Å². The Morgan fingerprint density at radius 1 is 1.50 bits per heavy atom. The average Bonchev–Trinajstić information content (AvgIpc) is 2.31. The lowest BCUT2D eigenvalue weighted by Crippen LogP contribution is -2.59. The quantitative estimate of drug-likeness (QED) is 0.542. The van der Waals surface area contributed by atoms with Gasteiger partial charge in [0, 0.05) is 17.9 Å². The van der Waals surface area contributed by atoms with Gasteiger partial charge < -0.3 is 9.84 Å². The smallest absolute Gasteiger partial charge is 0.0704 e. The van der Waals surface area contributed by atoms with E-state index in [1.54, 1.807) is 0 Å². The number of hydrogen-bond acceptors (Lipinski definition) is 2. The standard InChI is InChI=1S/C8H14O2/c1-8(2)6(9)5-3-4-10-7(5)8/h5-7,9H,3-4H2,1-2H3/t5-,6+,7-/m1/s1. The van der Waals surface area contributed by atoms with E-state index in [1.165, 1.54) is 0 Å². The van der Waals surface area contributed by atoms with Crippen LogP contribution in [0.15, 0.2) is 0 Å². The third kappa shape index (κ3) is 0.565. The van der Waals surface area contributed by atoms with E-state index in [1.807, 2.05) is 0 Å². The summed E-state index contributed by atoms with van der Waals surface area (Å²) in [7, 11) is 0. The summed E-state index contributed by atoms with van der Waals surface area (Å²) in [5.74, 6) is 0.440. The molecule has 0 amide bonds. The molecule has 58 valence electrons. The molecular formula is C8H14O2. The van der Waals surface area contributed by atoms with Gasteiger partial charge in [0.2, 0.25) is 0 Å². The number of aliphatic hydroxyl groups is 1. The topological polar surface area (TPSA) is 29.5 Å². The number of fused-ring (bicyclic) bond motifs is 1. The van der Waals surface area contributed by atoms with Crippen LogP contribution in [0.2, 0.25) is 0 Å². The van der Waals surface area contributed by atoms with E-state index < -0.39 is 0 Å². The summed E-state index contributed by atoms with van der Waals surface area (Å²) in [5.41, 5.74) is 0.0150. The molecular weight excluding hydrogens is 128 g/mol. The normalized spacial score (nSPS) is 50.1. The Balaban J connectivity index is 2.15. The molecule has 0 spiro atoms. The van der Waals surface area contributed by atoms with Crippen molar-refractivity contribution in [3.8, 4) is 0 Å². The lowest BCUT2D eigenvalue weighted by Gasteiger charge is -2.51. The van der Waals surface area contributed by atoms with Gasteiger partial charge in [-0.25, -0.2) is 0 Å². The van der Waals surface area contributed by atoms with E-state index in [-0.39, 0.29) is 11.5 Å². The molecule has 2 fully saturated rings. The molecule has 1 heterocycles. The Kier molecular flexibility index (Phi) is 1.15. The van der Waals surface area contributed by atoms with Crippen molar-refractivity contribution < 1.29 is 9.84 Å². The van der Waals surface area contributed by atoms with Crippen LogP contribution in [0, 0.1) is 11.3 Å². The monoisotopic (exact) mass is 142 g/mol. The Morgan fingerprint density at radius 3 is 2.80 bits per heavy atom. The van der Waals surface area contributed by atoms with Crippen LogP contribution in [0.25, 0.3) is 0 Å². The summed E-state index contributed by atoms with van der Waals surface area (Å²) in [6.45, 7) is 4.99. The molecule has 2 aliphatic rings. The molecule has 0 unspecified atom stereocenters. The Labute approximate surface area is 61.2 Å². The SMILES string of the molecule is CC1(C)[C@@H]2OCC[C@@H]2[C@@H]1O. The van der Waals surface area contributed by atoms with Crippen LogP contribution in [0.5, 0.6) is 0 Å². The molecule has 0 aromatic carbocycles. The second-order valence-electron chi connectivity index (χ2n) is 4.01. The number of rotatable bonds is 0. The summed E-state index contributed by atoms with van der Waals surface area (Å²) in [6, 6.07) is 0. The van der Waals surface area contributed by atoms with Gasteiger partial charge in [0.25, 0.3) is 0 Å². The number of hydrogen-bond donors (Lipinski definition) is 1. The fourth-order valence-corrected chi connectivity index (χ4v) is 2.30. The van der Waals surface area contributed by atoms with E-state index in [0.29, 0.717) is 12.0 Å². The molecule has 1 saturated carbocycles. The van der Waals surface area contributed by atoms with Gasteiger partial charge in [-0.2, -0.15) is 0 Å². The van der Waals surface area contributed by atoms with Crippen molar-refractivity contribution in [1.82, 2.24) is 0 Å². The zero-order valence-corrected chi connectivity index (χ0v) is 6.50. The van der Waals surface area contributed by atoms with Crippen molar-refractivity contribution in [2.45, 2.75) is 32.5 Å². The van der Waals surface area contributed by atoms with E-state index in [9.17, 15) is 5.11 Å². The molecule has 3 atom stereocenters. The van der Waals surface area contributed by atoms with Crippen molar-refractivity contribution in [1.29, 1.82) is 0 Å². The average molecular weight is 142 g/mol. The Morgan fingerprint density at radius 2 is 2.20 bits per heavy atom. The van der Waals surface area contributed by atoms with Gasteiger partial charge in [-0.15, -0.1) is 0 Å². The van der Waals surface area contributed by atoms with Crippen LogP contribution in [-0.4, -0.2) is 23.9 Å². The molecule has 0 bridgehead atoms. The maximum atomic E-state index is 9.57. The minimum absolute atomic E-state index is 0.0150. The van der Waals surface area contributed by atoms with Gasteiger partial charge in [-0.1, -0.05) is 13.8 Å². The highest BCUT2D eigenvalue weighted by molar-refractivity contribution is 5.07. The van der Waals surface area contributed by atoms with Gasteiger partial charge in [-0.3, -0.25) is 0 Å². The maximum Gasteiger partial charge on any atom is 0.0704 e. The van der Waals surface area contributed by atoms with Gasteiger partial charge in [0.05, 0.1) is 12.2 Å². The van der Waals surface area contributed by atoms with Crippen LogP contribution in [-0.2, 0) is 4.74 Å². The van der Waals surface area contributed by atoms with Crippen molar-refractivity contribution >= 4 is 0 Å². The predicted molar refractivity (Wildman–Crippen MR) is 37.6 cm³/mol. The molecule has 10 heavy (non-hydrogen) atoms. The summed E-state index contributed by atoms with van der Waals surface area (Å²) in [5, 5.41) is 9.57. The van der Waals surface area contributed by atoms with Gasteiger partial charge in [-0.05, 0) is 6.42 Å². The highest BCUT2D eigenvalue weighted by Crippen LogP contribution is 2.51. The van der Waals surface area contributed by atoms with E-state index >= 15 is 0 Å². The number of ether oxygens (including phenoxy) is 1. The number of aliphatic hydroxyl groups excluding tert-OH is 1. The van der Waals surface area contributed by atoms with Crippen LogP contribution in [0.4, 0.5) is 0 Å². The molecule has 1 saturated heterocycles. The van der Waals surface area contributed by atoms with Gasteiger partial charge in [0.1, 0.15) is 0 Å². The van der Waals surface area contributed by atoms with Crippen molar-refractivity contribution in [3.05, 3.63) is 0 Å². The van der Waals surface area contributed by atoms with E-state index in [4.69, 9.17) is 4.74 Å². The van der Waals surface area contributed by atoms with Gasteiger partial charge >= 0.3 is 0 Å². The predicted octanol–water partition coefficient (Wildman–Crippen LogP) is 0.792. The molecule has 1 aliphatic heterocycles. The fraction of sp³-hybridized carbons (Fsp3) is 1.00. The second kappa shape index (κ2) is 1.74. The molecule has 0 aromatic heterocycles. The largest absolute Gasteiger partial charge is 0.392 e. The Hall–Kier alpha value is -0.0800. The van der Waals surface area contributed by atoms with E-state index in [2.05, 4.69) is 13.8 Å². The Bertz CT molecular complexity index is 153. The van der Waals surface area contributed by atoms with Crippen molar-refractivity contribution in [2.75, 3.05) is 6.61 Å².